The maximum absolute atomic E-state index is 14.0. The number of ether oxygens (including phenoxy) is 1. The van der Waals surface area contributed by atoms with E-state index in [1.54, 1.807) is 0 Å². The Morgan fingerprint density at radius 1 is 0.536 bits per heavy atom. The van der Waals surface area contributed by atoms with E-state index in [9.17, 15) is 25.2 Å². The Morgan fingerprint density at radius 3 is 1.23 bits per heavy atom. The summed E-state index contributed by atoms with van der Waals surface area (Å²) in [5.41, 5.74) is 10.6. The van der Waals surface area contributed by atoms with E-state index in [0.29, 0.717) is 50.3 Å². The second kappa shape index (κ2) is 20.1. The van der Waals surface area contributed by atoms with E-state index in [2.05, 4.69) is 0 Å². The van der Waals surface area contributed by atoms with Crippen molar-refractivity contribution in [2.75, 3.05) is 6.61 Å². The first-order valence-corrected chi connectivity index (χ1v) is 18.7. The minimum atomic E-state index is -1.11. The summed E-state index contributed by atoms with van der Waals surface area (Å²) in [7, 11) is 0. The number of aliphatic carboxylic acids is 1. The van der Waals surface area contributed by atoms with Crippen LogP contribution < -0.4 is 9.84 Å². The molecule has 0 heterocycles. The highest BCUT2D eigenvalue weighted by molar-refractivity contribution is 5.72. The van der Waals surface area contributed by atoms with Gasteiger partial charge < -0.3 is 25.2 Å². The average Bonchev–Trinajstić information content (AvgIpc) is 3.18. The summed E-state index contributed by atoms with van der Waals surface area (Å²) in [5.74, 6) is -0.656. The van der Waals surface area contributed by atoms with Crippen LogP contribution in [0.5, 0.6) is 23.0 Å². The number of rotatable bonds is 5. The van der Waals surface area contributed by atoms with Gasteiger partial charge in [0.1, 0.15) is 17.2 Å². The zero-order chi connectivity index (χ0) is 38.9. The molecule has 1 aliphatic rings. The van der Waals surface area contributed by atoms with Crippen molar-refractivity contribution in [3.63, 3.8) is 0 Å². The van der Waals surface area contributed by atoms with Crippen LogP contribution in [0.2, 0.25) is 0 Å². The molecule has 0 spiro atoms. The molecule has 0 amide bonds. The number of aromatic hydroxyl groups is 2. The number of phenolic OH excluding ortho intramolecular Hbond substituents is 2. The van der Waals surface area contributed by atoms with Gasteiger partial charge in [0.15, 0.2) is 6.61 Å². The lowest BCUT2D eigenvalue weighted by Crippen LogP contribution is -2.13. The molecular weight excluding hydrogens is 697 g/mol. The number of carboxylic acids is 1. The van der Waals surface area contributed by atoms with E-state index in [1.807, 2.05) is 151 Å². The van der Waals surface area contributed by atoms with E-state index >= 15 is 0 Å². The Kier molecular flexibility index (Phi) is 15.9. The summed E-state index contributed by atoms with van der Waals surface area (Å²) < 4.78 is 6.09. The molecule has 3 N–H and O–H groups in total. The van der Waals surface area contributed by atoms with Crippen LogP contribution in [0.25, 0.3) is 22.3 Å². The number of hydrogen-bond acceptors (Lipinski definition) is 5. The Morgan fingerprint density at radius 2 is 0.857 bits per heavy atom. The second-order valence-electron chi connectivity index (χ2n) is 13.2. The molecule has 7 rings (SSSR count). The van der Waals surface area contributed by atoms with Gasteiger partial charge in [0.05, 0.1) is 0 Å². The van der Waals surface area contributed by atoms with Crippen LogP contribution in [0.15, 0.2) is 109 Å². The predicted molar refractivity (Wildman–Crippen MR) is 229 cm³/mol. The highest BCUT2D eigenvalue weighted by Crippen LogP contribution is 2.41. The summed E-state index contributed by atoms with van der Waals surface area (Å²) in [6.45, 7) is 11.3. The van der Waals surface area contributed by atoms with Crippen molar-refractivity contribution < 1.29 is 30.0 Å². The van der Waals surface area contributed by atoms with Gasteiger partial charge >= 0.3 is 5.97 Å². The van der Waals surface area contributed by atoms with Gasteiger partial charge in [0, 0.05) is 25.7 Å². The number of fused-ring (bicyclic) bond motifs is 8. The molecule has 0 aliphatic heterocycles. The number of carboxylic acid groups (broad SMARTS) is 1. The molecular formula is C50H57O6-. The number of benzene rings is 6. The molecule has 6 aromatic rings. The molecule has 0 aromatic heterocycles. The monoisotopic (exact) mass is 753 g/mol. The SMILES string of the molecule is C.C.CC.CC.Cc1cc2c([O-])c(c1)Cc1cc(-c3ccccc3)cc(c1O)Cc1cc(-c3ccccc3)cc(c1OCC(=O)O)Cc1cc(C)cc(c1O)C2. The van der Waals surface area contributed by atoms with E-state index in [0.717, 1.165) is 33.4 Å². The highest BCUT2D eigenvalue weighted by Gasteiger charge is 2.22. The van der Waals surface area contributed by atoms with Crippen LogP contribution in [0.1, 0.15) is 98.2 Å². The third-order valence-corrected chi connectivity index (χ3v) is 9.39. The first kappa shape index (κ1) is 44.4. The fourth-order valence-corrected chi connectivity index (χ4v) is 7.18. The smallest absolute Gasteiger partial charge is 0.341 e. The molecule has 6 heteroatoms. The Balaban J connectivity index is 0.00000136. The normalized spacial score (nSPS) is 11.2. The summed E-state index contributed by atoms with van der Waals surface area (Å²) in [6, 6.07) is 35.2. The first-order valence-electron chi connectivity index (χ1n) is 18.7. The summed E-state index contributed by atoms with van der Waals surface area (Å²) in [5, 5.41) is 47.4. The van der Waals surface area contributed by atoms with Gasteiger partial charge in [-0.15, -0.1) is 5.75 Å². The minimum Gasteiger partial charge on any atom is -0.872 e. The summed E-state index contributed by atoms with van der Waals surface area (Å²) in [6.07, 6.45) is 0.896. The van der Waals surface area contributed by atoms with Crippen molar-refractivity contribution >= 4 is 5.97 Å². The van der Waals surface area contributed by atoms with Gasteiger partial charge in [0.25, 0.3) is 0 Å². The molecule has 6 nitrogen and oxygen atoms in total. The summed E-state index contributed by atoms with van der Waals surface area (Å²) in [4.78, 5) is 11.9. The fourth-order valence-electron chi connectivity index (χ4n) is 7.18. The molecule has 0 fully saturated rings. The van der Waals surface area contributed by atoms with Gasteiger partial charge in [-0.1, -0.05) is 150 Å². The quantitative estimate of drug-likeness (QED) is 0.161. The maximum Gasteiger partial charge on any atom is 0.341 e. The molecule has 0 radical (unpaired) electrons. The van der Waals surface area contributed by atoms with E-state index in [1.165, 1.54) is 0 Å². The molecule has 0 unspecified atom stereocenters. The van der Waals surface area contributed by atoms with Crippen molar-refractivity contribution in [2.24, 2.45) is 0 Å². The molecule has 1 aliphatic carbocycles. The Bertz CT molecular complexity index is 2240. The van der Waals surface area contributed by atoms with Crippen LogP contribution in [0.4, 0.5) is 0 Å². The van der Waals surface area contributed by atoms with Gasteiger partial charge in [0.2, 0.25) is 0 Å². The third-order valence-electron chi connectivity index (χ3n) is 9.39. The molecule has 56 heavy (non-hydrogen) atoms. The van der Waals surface area contributed by atoms with Crippen molar-refractivity contribution in [1.82, 2.24) is 0 Å². The molecule has 0 atom stereocenters. The topological polar surface area (TPSA) is 110 Å². The standard InChI is InChI=1S/C44H38O6.2C2H6.2CH4/c1-26-13-32-21-33-14-27(2)16-35(42(33)48)23-38-19-31(29-11-7-4-8-12-29)20-39(44(38)50-25-40(45)46)24-37-18-30(28-9-5-3-6-10-28)17-36(43(37)49)22-34(15-26)41(32)47;2*1-2;;/h3-20,47-49H,21-25H2,1-2H3,(H,45,46);2*1-2H3;2*1H4/p-1. The van der Waals surface area contributed by atoms with Gasteiger partial charge in [-0.3, -0.25) is 0 Å². The number of hydrogen-bond donors (Lipinski definition) is 3. The Hall–Kier alpha value is -6.01. The lowest BCUT2D eigenvalue weighted by atomic mass is 9.87. The van der Waals surface area contributed by atoms with Crippen molar-refractivity contribution in [2.45, 2.75) is 82.1 Å². The van der Waals surface area contributed by atoms with Crippen LogP contribution in [-0.2, 0) is 30.5 Å². The fraction of sp³-hybridized carbons (Fsp3) is 0.260. The lowest BCUT2D eigenvalue weighted by Gasteiger charge is -2.24. The first-order chi connectivity index (χ1) is 26.1. The van der Waals surface area contributed by atoms with Crippen molar-refractivity contribution in [3.8, 4) is 45.3 Å². The molecule has 8 bridgehead atoms. The molecule has 294 valence electrons. The number of phenols is 2. The van der Waals surface area contributed by atoms with Crippen molar-refractivity contribution in [1.29, 1.82) is 0 Å². The average molecular weight is 754 g/mol. The number of aryl methyl sites for hydroxylation is 2. The van der Waals surface area contributed by atoms with Crippen molar-refractivity contribution in [3.05, 3.63) is 165 Å². The largest absolute Gasteiger partial charge is 0.872 e. The van der Waals surface area contributed by atoms with Gasteiger partial charge in [-0.05, 0) is 93.7 Å². The van der Waals surface area contributed by atoms with Crippen LogP contribution in [-0.4, -0.2) is 27.9 Å². The molecule has 0 saturated carbocycles. The highest BCUT2D eigenvalue weighted by atomic mass is 16.5. The second-order valence-corrected chi connectivity index (χ2v) is 13.2. The van der Waals surface area contributed by atoms with Crippen LogP contribution in [0, 0.1) is 13.8 Å². The van der Waals surface area contributed by atoms with Crippen LogP contribution in [0.3, 0.4) is 0 Å². The molecule has 6 aromatic carbocycles. The van der Waals surface area contributed by atoms with Crippen LogP contribution >= 0.6 is 0 Å². The zero-order valence-electron chi connectivity index (χ0n) is 32.0. The van der Waals surface area contributed by atoms with E-state index < -0.39 is 12.6 Å². The zero-order valence-corrected chi connectivity index (χ0v) is 32.0. The van der Waals surface area contributed by atoms with E-state index in [-0.39, 0.29) is 57.8 Å². The minimum absolute atomic E-state index is 0. The predicted octanol–water partition coefficient (Wildman–Crippen LogP) is 11.6. The third kappa shape index (κ3) is 9.99. The van der Waals surface area contributed by atoms with E-state index in [4.69, 9.17) is 4.74 Å². The summed E-state index contributed by atoms with van der Waals surface area (Å²) >= 11 is 0. The lowest BCUT2D eigenvalue weighted by molar-refractivity contribution is -0.270. The number of carbonyl (C=O) groups is 1. The molecule has 0 saturated heterocycles. The maximum atomic E-state index is 14.0. The Labute approximate surface area is 333 Å². The van der Waals surface area contributed by atoms with Gasteiger partial charge in [-0.25, -0.2) is 4.79 Å². The van der Waals surface area contributed by atoms with Gasteiger partial charge in [-0.2, -0.15) is 0 Å².